The first-order valence-electron chi connectivity index (χ1n) is 6.90. The lowest BCUT2D eigenvalue weighted by molar-refractivity contribution is -0.0321. The summed E-state index contributed by atoms with van der Waals surface area (Å²) in [5.74, 6) is -2.85. The van der Waals surface area contributed by atoms with Gasteiger partial charge in [0, 0.05) is 5.92 Å². The molecule has 0 aromatic carbocycles. The quantitative estimate of drug-likeness (QED) is 0.666. The molecule has 0 aromatic heterocycles. The number of hydrogen-bond acceptors (Lipinski definition) is 1. The normalized spacial score (nSPS) is 51.6. The molecule has 0 saturated heterocycles. The Bertz CT molecular complexity index is 332. The lowest BCUT2D eigenvalue weighted by Gasteiger charge is -2.41. The maximum Gasteiger partial charge on any atom is 0.119 e. The number of halogens is 4. The lowest BCUT2D eigenvalue weighted by atomic mass is 9.67. The average molecular weight is 277 g/mol. The van der Waals surface area contributed by atoms with Crippen LogP contribution < -0.4 is 0 Å². The molecule has 2 aliphatic carbocycles. The second-order valence-corrected chi connectivity index (χ2v) is 6.10. The Balaban J connectivity index is 2.08. The van der Waals surface area contributed by atoms with Crippen LogP contribution >= 0.6 is 0 Å². The van der Waals surface area contributed by atoms with E-state index in [-0.39, 0.29) is 31.6 Å². The number of nitrogens with zero attached hydrogens (tertiary/aromatic N) is 1. The molecule has 2 aliphatic rings. The summed E-state index contributed by atoms with van der Waals surface area (Å²) in [5.41, 5.74) is 0. The van der Waals surface area contributed by atoms with Crippen LogP contribution in [0.5, 0.6) is 0 Å². The molecule has 2 saturated carbocycles. The first-order chi connectivity index (χ1) is 8.93. The monoisotopic (exact) mass is 277 g/mol. The van der Waals surface area contributed by atoms with Gasteiger partial charge in [-0.15, -0.1) is 0 Å². The Hall–Kier alpha value is -0.790. The van der Waals surface area contributed by atoms with Gasteiger partial charge in [-0.1, -0.05) is 6.92 Å². The zero-order valence-electron chi connectivity index (χ0n) is 10.9. The van der Waals surface area contributed by atoms with E-state index >= 15 is 0 Å². The molecule has 0 amide bonds. The summed E-state index contributed by atoms with van der Waals surface area (Å²) in [6, 6.07) is 1.62. The molecule has 0 aromatic rings. The minimum absolute atomic E-state index is 0.0287. The fourth-order valence-corrected chi connectivity index (χ4v) is 3.67. The SMILES string of the molecule is CC1CC(F)C(C2CC(F)C(C#N)C(F)C2)C(F)C1. The molecule has 0 bridgehead atoms. The topological polar surface area (TPSA) is 23.8 Å². The van der Waals surface area contributed by atoms with Gasteiger partial charge in [0.1, 0.15) is 30.6 Å². The van der Waals surface area contributed by atoms with Crippen molar-refractivity contribution in [2.45, 2.75) is 57.3 Å². The maximum absolute atomic E-state index is 14.0. The lowest BCUT2D eigenvalue weighted by Crippen LogP contribution is -2.45. The molecule has 4 atom stereocenters. The smallest absolute Gasteiger partial charge is 0.119 e. The molecular weight excluding hydrogens is 258 g/mol. The van der Waals surface area contributed by atoms with Crippen LogP contribution in [0.15, 0.2) is 0 Å². The molecule has 0 radical (unpaired) electrons. The van der Waals surface area contributed by atoms with Gasteiger partial charge in [0.15, 0.2) is 0 Å². The van der Waals surface area contributed by atoms with Crippen LogP contribution in [0, 0.1) is 35.0 Å². The van der Waals surface area contributed by atoms with Gasteiger partial charge in [0.25, 0.3) is 0 Å². The van der Waals surface area contributed by atoms with Crippen molar-refractivity contribution in [1.29, 1.82) is 5.26 Å². The summed E-state index contributed by atoms with van der Waals surface area (Å²) in [7, 11) is 0. The summed E-state index contributed by atoms with van der Waals surface area (Å²) < 4.78 is 55.5. The van der Waals surface area contributed by atoms with E-state index < -0.39 is 42.4 Å². The van der Waals surface area contributed by atoms with Crippen molar-refractivity contribution >= 4 is 0 Å². The van der Waals surface area contributed by atoms with E-state index in [0.717, 1.165) is 0 Å². The zero-order chi connectivity index (χ0) is 14.2. The predicted octanol–water partition coefficient (Wildman–Crippen LogP) is 3.93. The van der Waals surface area contributed by atoms with Gasteiger partial charge in [-0.3, -0.25) is 0 Å². The van der Waals surface area contributed by atoms with E-state index in [1.54, 1.807) is 13.0 Å². The average Bonchev–Trinajstić information content (AvgIpc) is 2.26. The molecule has 2 fully saturated rings. The molecule has 5 heteroatoms. The zero-order valence-corrected chi connectivity index (χ0v) is 10.9. The Morgan fingerprint density at radius 3 is 1.74 bits per heavy atom. The Labute approximate surface area is 111 Å². The van der Waals surface area contributed by atoms with Crippen LogP contribution in [0.2, 0.25) is 0 Å². The van der Waals surface area contributed by atoms with Gasteiger partial charge in [-0.05, 0) is 37.5 Å². The summed E-state index contributed by atoms with van der Waals surface area (Å²) in [5, 5.41) is 8.69. The minimum Gasteiger partial charge on any atom is -0.247 e. The summed E-state index contributed by atoms with van der Waals surface area (Å²) in [6.45, 7) is 1.79. The third-order valence-corrected chi connectivity index (χ3v) is 4.62. The minimum atomic E-state index is -1.61. The van der Waals surface area contributed by atoms with Crippen molar-refractivity contribution in [2.24, 2.45) is 23.7 Å². The van der Waals surface area contributed by atoms with E-state index in [9.17, 15) is 17.6 Å². The molecule has 0 aliphatic heterocycles. The van der Waals surface area contributed by atoms with E-state index in [2.05, 4.69) is 0 Å². The largest absolute Gasteiger partial charge is 0.247 e. The number of hydrogen-bond donors (Lipinski definition) is 0. The third kappa shape index (κ3) is 2.88. The van der Waals surface area contributed by atoms with Gasteiger partial charge in [0.2, 0.25) is 0 Å². The number of rotatable bonds is 1. The molecule has 1 nitrogen and oxygen atoms in total. The van der Waals surface area contributed by atoms with Crippen molar-refractivity contribution in [3.8, 4) is 6.07 Å². The van der Waals surface area contributed by atoms with Gasteiger partial charge >= 0.3 is 0 Å². The molecular formula is C14H19F4N. The first kappa shape index (κ1) is 14.6. The second-order valence-electron chi connectivity index (χ2n) is 6.10. The highest BCUT2D eigenvalue weighted by molar-refractivity contribution is 5.02. The highest BCUT2D eigenvalue weighted by Gasteiger charge is 2.47. The molecule has 0 heterocycles. The Kier molecular flexibility index (Phi) is 4.37. The molecule has 2 rings (SSSR count). The fourth-order valence-electron chi connectivity index (χ4n) is 3.67. The van der Waals surface area contributed by atoms with E-state index in [0.29, 0.717) is 0 Å². The van der Waals surface area contributed by atoms with Gasteiger partial charge in [-0.2, -0.15) is 5.26 Å². The van der Waals surface area contributed by atoms with Crippen LogP contribution in [-0.2, 0) is 0 Å². The van der Waals surface area contributed by atoms with Crippen LogP contribution in [-0.4, -0.2) is 24.7 Å². The number of alkyl halides is 4. The van der Waals surface area contributed by atoms with Gasteiger partial charge in [-0.25, -0.2) is 17.6 Å². The van der Waals surface area contributed by atoms with Crippen molar-refractivity contribution in [1.82, 2.24) is 0 Å². The maximum atomic E-state index is 14.0. The van der Waals surface area contributed by atoms with Crippen molar-refractivity contribution in [3.63, 3.8) is 0 Å². The van der Waals surface area contributed by atoms with Crippen LogP contribution in [0.3, 0.4) is 0 Å². The molecule has 108 valence electrons. The third-order valence-electron chi connectivity index (χ3n) is 4.62. The van der Waals surface area contributed by atoms with Gasteiger partial charge < -0.3 is 0 Å². The van der Waals surface area contributed by atoms with Crippen molar-refractivity contribution in [3.05, 3.63) is 0 Å². The fraction of sp³-hybridized carbons (Fsp3) is 0.929. The molecule has 19 heavy (non-hydrogen) atoms. The van der Waals surface area contributed by atoms with E-state index in [1.807, 2.05) is 0 Å². The molecule has 4 unspecified atom stereocenters. The standard InChI is InChI=1S/C14H19F4N/c1-7-2-12(17)14(13(18)3-7)8-4-10(15)9(6-19)11(16)5-8/h7-14H,2-5H2,1H3. The second kappa shape index (κ2) is 5.68. The predicted molar refractivity (Wildman–Crippen MR) is 63.3 cm³/mol. The van der Waals surface area contributed by atoms with Crippen molar-refractivity contribution < 1.29 is 17.6 Å². The van der Waals surface area contributed by atoms with Crippen LogP contribution in [0.25, 0.3) is 0 Å². The summed E-state index contributed by atoms with van der Waals surface area (Å²) in [6.07, 6.45) is -5.57. The highest BCUT2D eigenvalue weighted by atomic mass is 19.2. The first-order valence-corrected chi connectivity index (χ1v) is 6.90. The molecule has 0 N–H and O–H groups in total. The highest BCUT2D eigenvalue weighted by Crippen LogP contribution is 2.45. The Morgan fingerprint density at radius 1 is 0.842 bits per heavy atom. The van der Waals surface area contributed by atoms with Crippen LogP contribution in [0.4, 0.5) is 17.6 Å². The van der Waals surface area contributed by atoms with Crippen LogP contribution in [0.1, 0.15) is 32.6 Å². The summed E-state index contributed by atoms with van der Waals surface area (Å²) >= 11 is 0. The molecule has 0 spiro atoms. The number of nitriles is 1. The Morgan fingerprint density at radius 2 is 1.32 bits per heavy atom. The summed E-state index contributed by atoms with van der Waals surface area (Å²) in [4.78, 5) is 0. The van der Waals surface area contributed by atoms with E-state index in [4.69, 9.17) is 5.26 Å². The van der Waals surface area contributed by atoms with Crippen molar-refractivity contribution in [2.75, 3.05) is 0 Å². The van der Waals surface area contributed by atoms with E-state index in [1.165, 1.54) is 0 Å². The van der Waals surface area contributed by atoms with Gasteiger partial charge in [0.05, 0.1) is 6.07 Å².